The van der Waals surface area contributed by atoms with Crippen LogP contribution in [0.1, 0.15) is 0 Å². The molecular formula is C52H34N8. The molecule has 0 N–H and O–H groups in total. The van der Waals surface area contributed by atoms with Crippen molar-refractivity contribution in [2.24, 2.45) is 0 Å². The number of nitrogens with zero attached hydrogens (tertiary/aromatic N) is 8. The van der Waals surface area contributed by atoms with Crippen molar-refractivity contribution >= 4 is 77.6 Å². The van der Waals surface area contributed by atoms with E-state index in [1.165, 1.54) is 0 Å². The molecule has 0 saturated heterocycles. The number of hydrogen-bond acceptors (Lipinski definition) is 2. The zero-order valence-electron chi connectivity index (χ0n) is 32.2. The third-order valence-corrected chi connectivity index (χ3v) is 11.9. The van der Waals surface area contributed by atoms with Gasteiger partial charge in [0.1, 0.15) is 5.52 Å². The number of para-hydroxylation sites is 9. The van der Waals surface area contributed by atoms with Gasteiger partial charge in [-0.15, -0.1) is 0 Å². The highest BCUT2D eigenvalue weighted by Gasteiger charge is 2.25. The van der Waals surface area contributed by atoms with Gasteiger partial charge in [0.05, 0.1) is 55.2 Å². The summed E-state index contributed by atoms with van der Waals surface area (Å²) in [6.07, 6.45) is 1.92. The van der Waals surface area contributed by atoms with E-state index in [1.54, 1.807) is 0 Å². The van der Waals surface area contributed by atoms with Crippen LogP contribution in [0.3, 0.4) is 0 Å². The summed E-state index contributed by atoms with van der Waals surface area (Å²) < 4.78 is 14.1. The molecule has 0 aliphatic carbocycles. The van der Waals surface area contributed by atoms with Crippen LogP contribution in [0.4, 0.5) is 0 Å². The average Bonchev–Trinajstić information content (AvgIpc) is 3.32. The quantitative estimate of drug-likeness (QED) is 0.132. The van der Waals surface area contributed by atoms with Gasteiger partial charge in [-0.25, -0.2) is 9.97 Å². The first-order valence-corrected chi connectivity index (χ1v) is 20.2. The average molecular weight is 771 g/mol. The van der Waals surface area contributed by atoms with Crippen molar-refractivity contribution in [3.8, 4) is 22.7 Å². The third-order valence-electron chi connectivity index (χ3n) is 11.9. The van der Waals surface area contributed by atoms with E-state index in [9.17, 15) is 0 Å². The lowest BCUT2D eigenvalue weighted by Crippen LogP contribution is -2.15. The minimum Gasteiger partial charge on any atom is -0.306 e. The molecule has 6 aromatic heterocycles. The molecule has 0 spiro atoms. The van der Waals surface area contributed by atoms with Crippen LogP contribution in [0, 0.1) is 0 Å². The van der Waals surface area contributed by atoms with Crippen LogP contribution in [-0.2, 0) is 0 Å². The number of rotatable bonds is 4. The second kappa shape index (κ2) is 12.6. The summed E-state index contributed by atoms with van der Waals surface area (Å²) in [5.74, 6) is 0. The number of benzene rings is 7. The lowest BCUT2D eigenvalue weighted by molar-refractivity contribution is 1.03. The zero-order chi connectivity index (χ0) is 39.3. The second-order valence-electron chi connectivity index (χ2n) is 15.2. The fraction of sp³-hybridized carbons (Fsp3) is 0. The molecule has 0 aliphatic rings. The Morgan fingerprint density at radius 2 is 0.633 bits per heavy atom. The summed E-state index contributed by atoms with van der Waals surface area (Å²) in [5, 5.41) is 0. The van der Waals surface area contributed by atoms with Gasteiger partial charge in [0.25, 0.3) is 0 Å². The predicted molar refractivity (Wildman–Crippen MR) is 244 cm³/mol. The smallest absolute Gasteiger partial charge is 0.164 e. The van der Waals surface area contributed by atoms with Crippen LogP contribution in [0.15, 0.2) is 206 Å². The van der Waals surface area contributed by atoms with Crippen molar-refractivity contribution in [2.45, 2.75) is 0 Å². The van der Waals surface area contributed by atoms with Crippen LogP contribution in [0.5, 0.6) is 0 Å². The molecule has 8 heteroatoms. The maximum atomic E-state index is 5.89. The maximum Gasteiger partial charge on any atom is 0.164 e. The summed E-state index contributed by atoms with van der Waals surface area (Å²) in [7, 11) is 0. The van der Waals surface area contributed by atoms with Crippen LogP contribution < -0.4 is 0 Å². The van der Waals surface area contributed by atoms with Crippen molar-refractivity contribution in [3.63, 3.8) is 0 Å². The van der Waals surface area contributed by atoms with Crippen molar-refractivity contribution < 1.29 is 0 Å². The summed E-state index contributed by atoms with van der Waals surface area (Å²) in [6, 6.07) is 70.8. The molecule has 0 unspecified atom stereocenters. The van der Waals surface area contributed by atoms with E-state index in [0.717, 1.165) is 100 Å². The minimum atomic E-state index is 0.823. The molecule has 0 amide bonds. The largest absolute Gasteiger partial charge is 0.306 e. The first-order valence-electron chi connectivity index (χ1n) is 20.2. The Balaban J connectivity index is 1.34. The van der Waals surface area contributed by atoms with E-state index in [2.05, 4.69) is 227 Å². The van der Waals surface area contributed by atoms with Crippen LogP contribution in [0.25, 0.3) is 100 Å². The second-order valence-corrected chi connectivity index (χ2v) is 15.2. The molecule has 0 aliphatic heterocycles. The van der Waals surface area contributed by atoms with Gasteiger partial charge in [-0.2, -0.15) is 0 Å². The van der Waals surface area contributed by atoms with Gasteiger partial charge < -0.3 is 8.97 Å². The summed E-state index contributed by atoms with van der Waals surface area (Å²) in [4.78, 5) is 11.1. The zero-order valence-corrected chi connectivity index (χ0v) is 32.2. The van der Waals surface area contributed by atoms with Crippen molar-refractivity contribution in [1.82, 2.24) is 37.0 Å². The molecule has 0 radical (unpaired) electrons. The maximum absolute atomic E-state index is 5.89. The lowest BCUT2D eigenvalue weighted by atomic mass is 10.1. The lowest BCUT2D eigenvalue weighted by Gasteiger charge is -2.26. The summed E-state index contributed by atoms with van der Waals surface area (Å²) in [5.41, 5.74) is 18.1. The first-order chi connectivity index (χ1) is 29.8. The summed E-state index contributed by atoms with van der Waals surface area (Å²) in [6.45, 7) is 0. The number of aromatic nitrogens is 8. The molecule has 0 atom stereocenters. The monoisotopic (exact) mass is 770 g/mol. The van der Waals surface area contributed by atoms with Crippen LogP contribution in [-0.4, -0.2) is 37.0 Å². The van der Waals surface area contributed by atoms with Crippen molar-refractivity contribution in [3.05, 3.63) is 206 Å². The summed E-state index contributed by atoms with van der Waals surface area (Å²) >= 11 is 0. The van der Waals surface area contributed by atoms with Gasteiger partial charge in [0.2, 0.25) is 0 Å². The number of fused-ring (bicyclic) bond motifs is 8. The van der Waals surface area contributed by atoms with Gasteiger partial charge in [0.15, 0.2) is 16.9 Å². The topological polar surface area (TPSA) is 54.3 Å². The minimum absolute atomic E-state index is 0.823. The van der Waals surface area contributed by atoms with E-state index in [1.807, 2.05) is 6.20 Å². The standard InChI is InChI=1S/C52H34N8/c1-5-18-35(19-6-1)55-39-26-13-15-28-41(39)59-46-34-47-51(54-50(46)57(37-22-9-3-10-23-37)44-31-17-30-43(55)48(44)59)58(38-24-11-4-12-25-38)45-32-33-53-52-49(45)60(47)42-29-16-14-27-40(42)56(52)36-20-7-2-8-21-36/h1-34H. The first kappa shape index (κ1) is 32.7. The fourth-order valence-electron chi connectivity index (χ4n) is 9.50. The van der Waals surface area contributed by atoms with Crippen molar-refractivity contribution in [1.29, 1.82) is 0 Å². The van der Waals surface area contributed by atoms with E-state index < -0.39 is 0 Å². The van der Waals surface area contributed by atoms with Gasteiger partial charge in [-0.3, -0.25) is 18.1 Å². The molecule has 13 rings (SSSR count). The third kappa shape index (κ3) is 4.49. The molecular weight excluding hydrogens is 737 g/mol. The Bertz CT molecular complexity index is 3610. The fourth-order valence-corrected chi connectivity index (χ4v) is 9.50. The Morgan fingerprint density at radius 1 is 0.267 bits per heavy atom. The van der Waals surface area contributed by atoms with Gasteiger partial charge in [-0.05, 0) is 97.1 Å². The van der Waals surface area contributed by atoms with E-state index >= 15 is 0 Å². The van der Waals surface area contributed by atoms with Crippen LogP contribution in [0.2, 0.25) is 0 Å². The SMILES string of the molecule is c1ccc(-n2c3ccccc3n3c4cc5c(nc4n(-c4ccccc4)c4cccc2c43)n(-c2ccccc2)c2ccnc3c2n5c2ccccc2n3-c2ccccc2)cc1. The van der Waals surface area contributed by atoms with Gasteiger partial charge in [-0.1, -0.05) is 103 Å². The Hall–Kier alpha value is -8.36. The molecule has 6 heterocycles. The van der Waals surface area contributed by atoms with E-state index in [4.69, 9.17) is 9.97 Å². The van der Waals surface area contributed by atoms with Crippen LogP contribution >= 0.6 is 0 Å². The van der Waals surface area contributed by atoms with Gasteiger partial charge >= 0.3 is 0 Å². The Kier molecular flexibility index (Phi) is 6.85. The molecule has 282 valence electrons. The Morgan fingerprint density at radius 3 is 1.15 bits per heavy atom. The molecule has 0 saturated carbocycles. The Labute approximate surface area is 342 Å². The highest BCUT2D eigenvalue weighted by molar-refractivity contribution is 6.08. The number of hydrogen-bond donors (Lipinski definition) is 0. The molecule has 8 nitrogen and oxygen atoms in total. The predicted octanol–water partition coefficient (Wildman–Crippen LogP) is 12.2. The molecule has 7 aromatic carbocycles. The van der Waals surface area contributed by atoms with Crippen molar-refractivity contribution in [2.75, 3.05) is 0 Å². The molecule has 0 fully saturated rings. The normalized spacial score (nSPS) is 12.0. The molecule has 60 heavy (non-hydrogen) atoms. The highest BCUT2D eigenvalue weighted by atomic mass is 15.2. The highest BCUT2D eigenvalue weighted by Crippen LogP contribution is 2.39. The van der Waals surface area contributed by atoms with E-state index in [-0.39, 0.29) is 0 Å². The van der Waals surface area contributed by atoms with Gasteiger partial charge in [0, 0.05) is 28.9 Å². The molecule has 0 bridgehead atoms. The van der Waals surface area contributed by atoms with E-state index in [0.29, 0.717) is 0 Å². The number of pyridine rings is 2. The molecule has 13 aromatic rings.